The molecular weight excluding hydrogens is 478 g/mol. The molecule has 2 aliphatic carbocycles. The number of nitrogens with zero attached hydrogens (tertiary/aromatic N) is 6. The summed E-state index contributed by atoms with van der Waals surface area (Å²) in [4.78, 5) is 24.2. The van der Waals surface area contributed by atoms with Crippen LogP contribution in [0.4, 0.5) is 5.82 Å². The van der Waals surface area contributed by atoms with Gasteiger partial charge in [-0.3, -0.25) is 4.79 Å². The summed E-state index contributed by atoms with van der Waals surface area (Å²) in [5.74, 6) is 1.01. The number of thioether (sulfide) groups is 1. The van der Waals surface area contributed by atoms with Crippen molar-refractivity contribution in [1.29, 1.82) is 0 Å². The lowest BCUT2D eigenvalue weighted by Crippen LogP contribution is -2.38. The van der Waals surface area contributed by atoms with Crippen LogP contribution in [0.15, 0.2) is 35.5 Å². The van der Waals surface area contributed by atoms with Gasteiger partial charge < -0.3 is 20.4 Å². The van der Waals surface area contributed by atoms with Gasteiger partial charge in [-0.25, -0.2) is 14.6 Å². The van der Waals surface area contributed by atoms with E-state index >= 15 is 0 Å². The normalized spacial score (nSPS) is 27.4. The SMILES string of the molecule is CCCSc1nc(N(C)C2CC2c2ccccc2)c2nnn(C3CC(C(=O)NCC)C(O)C3O)c2n1. The fourth-order valence-electron chi connectivity index (χ4n) is 5.17. The first-order valence-electron chi connectivity index (χ1n) is 12.6. The summed E-state index contributed by atoms with van der Waals surface area (Å²) in [6.07, 6.45) is -0.0833. The van der Waals surface area contributed by atoms with Gasteiger partial charge in [-0.1, -0.05) is 54.2 Å². The van der Waals surface area contributed by atoms with Crippen molar-refractivity contribution in [3.05, 3.63) is 35.9 Å². The van der Waals surface area contributed by atoms with Gasteiger partial charge in [-0.15, -0.1) is 5.10 Å². The monoisotopic (exact) mass is 511 g/mol. The average Bonchev–Trinajstić information content (AvgIpc) is 3.51. The predicted molar refractivity (Wildman–Crippen MR) is 138 cm³/mol. The number of fused-ring (bicyclic) bond motifs is 1. The fourth-order valence-corrected chi connectivity index (χ4v) is 5.85. The molecule has 3 N–H and O–H groups in total. The van der Waals surface area contributed by atoms with Crippen LogP contribution < -0.4 is 10.2 Å². The molecule has 5 rings (SSSR count). The molecule has 0 aliphatic heterocycles. The molecule has 11 heteroatoms. The molecule has 10 nitrogen and oxygen atoms in total. The Hall–Kier alpha value is -2.76. The highest BCUT2D eigenvalue weighted by molar-refractivity contribution is 7.99. The summed E-state index contributed by atoms with van der Waals surface area (Å²) in [5.41, 5.74) is 2.37. The molecular formula is C25H33N7O3S. The van der Waals surface area contributed by atoms with E-state index in [1.54, 1.807) is 16.4 Å². The van der Waals surface area contributed by atoms with E-state index in [2.05, 4.69) is 51.7 Å². The number of carbonyl (C=O) groups excluding carboxylic acids is 1. The van der Waals surface area contributed by atoms with Crippen LogP contribution in [-0.4, -0.2) is 78.7 Å². The second-order valence-corrected chi connectivity index (χ2v) is 10.7. The van der Waals surface area contributed by atoms with Crippen molar-refractivity contribution in [2.75, 3.05) is 24.2 Å². The van der Waals surface area contributed by atoms with E-state index in [4.69, 9.17) is 9.97 Å². The Labute approximate surface area is 214 Å². The molecule has 1 amide bonds. The van der Waals surface area contributed by atoms with E-state index in [0.29, 0.717) is 40.6 Å². The van der Waals surface area contributed by atoms with Gasteiger partial charge in [0, 0.05) is 31.3 Å². The van der Waals surface area contributed by atoms with Crippen molar-refractivity contribution >= 4 is 34.7 Å². The Bertz CT molecular complexity index is 1220. The summed E-state index contributed by atoms with van der Waals surface area (Å²) < 4.78 is 1.57. The molecule has 6 atom stereocenters. The van der Waals surface area contributed by atoms with Gasteiger partial charge in [-0.2, -0.15) is 0 Å². The number of aromatic nitrogens is 5. The minimum atomic E-state index is -1.18. The lowest BCUT2D eigenvalue weighted by Gasteiger charge is -2.20. The number of carbonyl (C=O) groups is 1. The van der Waals surface area contributed by atoms with E-state index in [1.807, 2.05) is 20.0 Å². The third-order valence-electron chi connectivity index (χ3n) is 7.19. The average molecular weight is 512 g/mol. The van der Waals surface area contributed by atoms with Crippen molar-refractivity contribution in [1.82, 2.24) is 30.3 Å². The minimum Gasteiger partial charge on any atom is -0.390 e. The van der Waals surface area contributed by atoms with Crippen LogP contribution >= 0.6 is 11.8 Å². The van der Waals surface area contributed by atoms with Gasteiger partial charge in [0.25, 0.3) is 0 Å². The molecule has 0 spiro atoms. The number of rotatable bonds is 9. The summed E-state index contributed by atoms with van der Waals surface area (Å²) in [6.45, 7) is 4.39. The van der Waals surface area contributed by atoms with Gasteiger partial charge in [0.05, 0.1) is 18.1 Å². The minimum absolute atomic E-state index is 0.248. The number of anilines is 1. The molecule has 36 heavy (non-hydrogen) atoms. The van der Waals surface area contributed by atoms with E-state index < -0.39 is 24.2 Å². The highest BCUT2D eigenvalue weighted by atomic mass is 32.2. The number of amides is 1. The van der Waals surface area contributed by atoms with E-state index in [1.165, 1.54) is 5.56 Å². The lowest BCUT2D eigenvalue weighted by atomic mass is 10.0. The molecule has 0 saturated heterocycles. The van der Waals surface area contributed by atoms with Crippen LogP contribution in [0.1, 0.15) is 50.6 Å². The topological polar surface area (TPSA) is 129 Å². The first-order valence-corrected chi connectivity index (χ1v) is 13.6. The van der Waals surface area contributed by atoms with Crippen molar-refractivity contribution in [3.8, 4) is 0 Å². The quantitative estimate of drug-likeness (QED) is 0.292. The Kier molecular flexibility index (Phi) is 7.14. The van der Waals surface area contributed by atoms with E-state index in [9.17, 15) is 15.0 Å². The summed E-state index contributed by atoms with van der Waals surface area (Å²) in [7, 11) is 2.03. The summed E-state index contributed by atoms with van der Waals surface area (Å²) >= 11 is 1.57. The predicted octanol–water partition coefficient (Wildman–Crippen LogP) is 2.13. The molecule has 3 aromatic rings. The van der Waals surface area contributed by atoms with Gasteiger partial charge in [0.15, 0.2) is 22.1 Å². The highest BCUT2D eigenvalue weighted by Gasteiger charge is 2.47. The molecule has 2 aromatic heterocycles. The van der Waals surface area contributed by atoms with Gasteiger partial charge in [-0.05, 0) is 31.7 Å². The molecule has 6 unspecified atom stereocenters. The fraction of sp³-hybridized carbons (Fsp3) is 0.560. The number of aliphatic hydroxyl groups is 2. The van der Waals surface area contributed by atoms with Crippen LogP contribution in [0.5, 0.6) is 0 Å². The maximum absolute atomic E-state index is 12.5. The number of aliphatic hydroxyl groups excluding tert-OH is 2. The largest absolute Gasteiger partial charge is 0.390 e. The Morgan fingerprint density at radius 3 is 2.67 bits per heavy atom. The first kappa shape index (κ1) is 24.9. The third-order valence-corrected chi connectivity index (χ3v) is 8.24. The second-order valence-electron chi connectivity index (χ2n) is 9.60. The van der Waals surface area contributed by atoms with E-state index in [0.717, 1.165) is 18.6 Å². The summed E-state index contributed by atoms with van der Waals surface area (Å²) in [6, 6.07) is 10.1. The highest BCUT2D eigenvalue weighted by Crippen LogP contribution is 2.46. The van der Waals surface area contributed by atoms with Gasteiger partial charge in [0.1, 0.15) is 6.10 Å². The maximum Gasteiger partial charge on any atom is 0.225 e. The molecule has 1 aromatic carbocycles. The van der Waals surface area contributed by atoms with Crippen LogP contribution in [0.25, 0.3) is 11.2 Å². The van der Waals surface area contributed by atoms with E-state index in [-0.39, 0.29) is 12.3 Å². The van der Waals surface area contributed by atoms with Crippen molar-refractivity contribution < 1.29 is 15.0 Å². The number of hydrogen-bond acceptors (Lipinski definition) is 9. The molecule has 2 fully saturated rings. The Balaban J connectivity index is 1.49. The van der Waals surface area contributed by atoms with Crippen LogP contribution in [0, 0.1) is 5.92 Å². The molecule has 192 valence electrons. The van der Waals surface area contributed by atoms with Gasteiger partial charge >= 0.3 is 0 Å². The zero-order valence-electron chi connectivity index (χ0n) is 20.8. The van der Waals surface area contributed by atoms with Gasteiger partial charge in [0.2, 0.25) is 5.91 Å². The molecule has 0 radical (unpaired) electrons. The molecule has 0 bridgehead atoms. The Morgan fingerprint density at radius 1 is 1.17 bits per heavy atom. The smallest absolute Gasteiger partial charge is 0.225 e. The molecule has 2 heterocycles. The molecule has 2 saturated carbocycles. The Morgan fingerprint density at radius 2 is 1.94 bits per heavy atom. The standard InChI is InChI=1S/C25H33N7O3S/c1-4-11-36-25-27-22(31(3)17-12-15(17)14-9-7-6-8-10-14)19-23(28-25)32(30-29-19)18-13-16(20(33)21(18)34)24(35)26-5-2/h6-10,15-18,20-21,33-34H,4-5,11-13H2,1-3H3,(H,26,35). The number of nitrogens with one attached hydrogen (secondary N) is 1. The van der Waals surface area contributed by atoms with Crippen LogP contribution in [-0.2, 0) is 4.79 Å². The number of benzene rings is 1. The van der Waals surface area contributed by atoms with Crippen LogP contribution in [0.2, 0.25) is 0 Å². The number of likely N-dealkylation sites (N-methyl/N-ethyl adjacent to an activating group) is 1. The number of hydrogen-bond donors (Lipinski definition) is 3. The lowest BCUT2D eigenvalue weighted by molar-refractivity contribution is -0.128. The van der Waals surface area contributed by atoms with Crippen LogP contribution in [0.3, 0.4) is 0 Å². The second kappa shape index (κ2) is 10.3. The van der Waals surface area contributed by atoms with Crippen molar-refractivity contribution in [3.63, 3.8) is 0 Å². The molecule has 2 aliphatic rings. The first-order chi connectivity index (χ1) is 17.4. The maximum atomic E-state index is 12.5. The third kappa shape index (κ3) is 4.55. The summed E-state index contributed by atoms with van der Waals surface area (Å²) in [5, 5.41) is 33.6. The van der Waals surface area contributed by atoms with Crippen molar-refractivity contribution in [2.24, 2.45) is 5.92 Å². The zero-order chi connectivity index (χ0) is 25.4. The van der Waals surface area contributed by atoms with Crippen molar-refractivity contribution in [2.45, 2.75) is 68.5 Å². The zero-order valence-corrected chi connectivity index (χ0v) is 21.6.